The Morgan fingerprint density at radius 3 is 2.43 bits per heavy atom. The number of aliphatic hydroxyl groups excluding tert-OH is 1. The lowest BCUT2D eigenvalue weighted by Crippen LogP contribution is -2.23. The second-order valence-electron chi connectivity index (χ2n) is 1.24. The van der Waals surface area contributed by atoms with Crippen LogP contribution >= 0.6 is 11.6 Å². The molecule has 0 unspecified atom stereocenters. The summed E-state index contributed by atoms with van der Waals surface area (Å²) in [6, 6.07) is -0.471. The summed E-state index contributed by atoms with van der Waals surface area (Å²) < 4.78 is 0. The van der Waals surface area contributed by atoms with Crippen molar-refractivity contribution in [2.45, 2.75) is 6.04 Å². The zero-order chi connectivity index (χ0) is 5.86. The zero-order valence-electron chi connectivity index (χ0n) is 3.89. The van der Waals surface area contributed by atoms with Crippen molar-refractivity contribution in [3.05, 3.63) is 11.6 Å². The maximum Gasteiger partial charge on any atom is 0.0632 e. The number of rotatable bonds is 2. The topological polar surface area (TPSA) is 46.2 Å². The summed E-state index contributed by atoms with van der Waals surface area (Å²) in [7, 11) is 0. The Bertz CT molecular complexity index is 74.1. The van der Waals surface area contributed by atoms with Gasteiger partial charge >= 0.3 is 0 Å². The van der Waals surface area contributed by atoms with Crippen LogP contribution in [0.4, 0.5) is 0 Å². The normalized spacial score (nSPS) is 13.6. The van der Waals surface area contributed by atoms with Gasteiger partial charge in [-0.1, -0.05) is 18.2 Å². The maximum atomic E-state index is 8.23. The molecule has 0 bridgehead atoms. The Morgan fingerprint density at radius 1 is 2.00 bits per heavy atom. The van der Waals surface area contributed by atoms with E-state index in [2.05, 4.69) is 6.58 Å². The molecule has 1 atom stereocenters. The van der Waals surface area contributed by atoms with Crippen LogP contribution in [0.2, 0.25) is 0 Å². The van der Waals surface area contributed by atoms with E-state index in [4.69, 9.17) is 22.4 Å². The highest BCUT2D eigenvalue weighted by molar-refractivity contribution is 6.29. The number of hydrogen-bond acceptors (Lipinski definition) is 2. The van der Waals surface area contributed by atoms with Crippen molar-refractivity contribution in [3.8, 4) is 0 Å². The molecule has 42 valence electrons. The Morgan fingerprint density at radius 2 is 2.43 bits per heavy atom. The predicted molar refractivity (Wildman–Crippen MR) is 30.1 cm³/mol. The first-order chi connectivity index (χ1) is 3.18. The van der Waals surface area contributed by atoms with Crippen molar-refractivity contribution >= 4 is 11.6 Å². The number of hydrogen-bond donors (Lipinski definition) is 2. The number of aliphatic hydroxyl groups is 1. The van der Waals surface area contributed by atoms with Gasteiger partial charge in [-0.2, -0.15) is 0 Å². The van der Waals surface area contributed by atoms with E-state index in [1.165, 1.54) is 0 Å². The van der Waals surface area contributed by atoms with E-state index in [-0.39, 0.29) is 6.61 Å². The summed E-state index contributed by atoms with van der Waals surface area (Å²) in [6.45, 7) is 3.17. The first-order valence-corrected chi connectivity index (χ1v) is 2.27. The molecule has 3 N–H and O–H groups in total. The van der Waals surface area contributed by atoms with Crippen LogP contribution in [-0.4, -0.2) is 17.8 Å². The van der Waals surface area contributed by atoms with Crippen LogP contribution in [-0.2, 0) is 0 Å². The summed E-state index contributed by atoms with van der Waals surface area (Å²) in [5, 5.41) is 8.53. The van der Waals surface area contributed by atoms with Gasteiger partial charge in [0, 0.05) is 5.03 Å². The minimum atomic E-state index is -0.471. The molecule has 0 rings (SSSR count). The smallest absolute Gasteiger partial charge is 0.0632 e. The van der Waals surface area contributed by atoms with Gasteiger partial charge in [-0.05, 0) is 0 Å². The third-order valence-electron chi connectivity index (χ3n) is 0.599. The average Bonchev–Trinajstić information content (AvgIpc) is 1.65. The Labute approximate surface area is 47.6 Å². The Hall–Kier alpha value is -0.0500. The van der Waals surface area contributed by atoms with E-state index in [9.17, 15) is 0 Å². The minimum absolute atomic E-state index is 0.137. The van der Waals surface area contributed by atoms with E-state index in [0.717, 1.165) is 0 Å². The van der Waals surface area contributed by atoms with E-state index in [1.807, 2.05) is 0 Å². The van der Waals surface area contributed by atoms with Crippen molar-refractivity contribution in [1.29, 1.82) is 0 Å². The summed E-state index contributed by atoms with van der Waals surface area (Å²) in [6.07, 6.45) is 0. The predicted octanol–water partition coefficient (Wildman–Crippen LogP) is 0.0585. The molecule has 0 radical (unpaired) electrons. The lowest BCUT2D eigenvalue weighted by atomic mass is 10.3. The maximum absolute atomic E-state index is 8.23. The molecule has 7 heavy (non-hydrogen) atoms. The molecule has 0 aromatic rings. The molecule has 0 aliphatic carbocycles. The fraction of sp³-hybridized carbons (Fsp3) is 0.500. The average molecular weight is 122 g/mol. The van der Waals surface area contributed by atoms with Gasteiger partial charge in [0.1, 0.15) is 0 Å². The molecule has 2 nitrogen and oxygen atoms in total. The number of nitrogens with two attached hydrogens (primary N) is 1. The molecular weight excluding hydrogens is 114 g/mol. The van der Waals surface area contributed by atoms with Crippen LogP contribution in [0.3, 0.4) is 0 Å². The standard InChI is InChI=1S/C4H8ClNO/c1-3(5)4(6)2-7/h4,7H,1-2,6H2/t4-/m1/s1. The Balaban J connectivity index is 3.34. The molecule has 0 amide bonds. The summed E-state index contributed by atoms with van der Waals surface area (Å²) in [4.78, 5) is 0. The monoisotopic (exact) mass is 121 g/mol. The molecular formula is C4H8ClNO. The first kappa shape index (κ1) is 6.95. The molecule has 3 heteroatoms. The third kappa shape index (κ3) is 2.62. The fourth-order valence-electron chi connectivity index (χ4n) is 0.0991. The lowest BCUT2D eigenvalue weighted by Gasteiger charge is -2.01. The molecule has 0 saturated carbocycles. The molecule has 0 aromatic heterocycles. The molecule has 0 aromatic carbocycles. The van der Waals surface area contributed by atoms with E-state index in [0.29, 0.717) is 5.03 Å². The SMILES string of the molecule is C=C(Cl)[C@H](N)CO. The van der Waals surface area contributed by atoms with Crippen molar-refractivity contribution < 1.29 is 5.11 Å². The molecule has 0 aliphatic rings. The van der Waals surface area contributed by atoms with Crippen LogP contribution in [0.1, 0.15) is 0 Å². The van der Waals surface area contributed by atoms with E-state index < -0.39 is 6.04 Å². The van der Waals surface area contributed by atoms with Crippen molar-refractivity contribution in [1.82, 2.24) is 0 Å². The minimum Gasteiger partial charge on any atom is -0.394 e. The zero-order valence-corrected chi connectivity index (χ0v) is 4.65. The fourth-order valence-corrected chi connectivity index (χ4v) is 0.168. The molecule has 0 fully saturated rings. The highest BCUT2D eigenvalue weighted by Gasteiger charge is 1.98. The lowest BCUT2D eigenvalue weighted by molar-refractivity contribution is 0.282. The van der Waals surface area contributed by atoms with Gasteiger partial charge in [-0.3, -0.25) is 0 Å². The molecule has 0 aliphatic heterocycles. The Kier molecular flexibility index (Phi) is 3.00. The van der Waals surface area contributed by atoms with Crippen LogP contribution < -0.4 is 5.73 Å². The highest BCUT2D eigenvalue weighted by atomic mass is 35.5. The third-order valence-corrected chi connectivity index (χ3v) is 0.879. The van der Waals surface area contributed by atoms with Crippen molar-refractivity contribution in [2.75, 3.05) is 6.61 Å². The second-order valence-corrected chi connectivity index (χ2v) is 1.72. The van der Waals surface area contributed by atoms with Gasteiger partial charge in [0.15, 0.2) is 0 Å². The largest absolute Gasteiger partial charge is 0.394 e. The summed E-state index contributed by atoms with van der Waals surface area (Å²) >= 11 is 5.25. The summed E-state index contributed by atoms with van der Waals surface area (Å²) in [5.74, 6) is 0. The first-order valence-electron chi connectivity index (χ1n) is 1.89. The molecule has 0 spiro atoms. The molecule has 0 heterocycles. The van der Waals surface area contributed by atoms with Gasteiger partial charge in [0.25, 0.3) is 0 Å². The van der Waals surface area contributed by atoms with E-state index >= 15 is 0 Å². The van der Waals surface area contributed by atoms with Crippen molar-refractivity contribution in [3.63, 3.8) is 0 Å². The van der Waals surface area contributed by atoms with Crippen LogP contribution in [0.5, 0.6) is 0 Å². The van der Waals surface area contributed by atoms with Gasteiger partial charge in [0.2, 0.25) is 0 Å². The van der Waals surface area contributed by atoms with Crippen LogP contribution in [0.15, 0.2) is 11.6 Å². The second kappa shape index (κ2) is 3.02. The molecule has 0 saturated heterocycles. The van der Waals surface area contributed by atoms with Gasteiger partial charge in [-0.25, -0.2) is 0 Å². The van der Waals surface area contributed by atoms with E-state index in [1.54, 1.807) is 0 Å². The van der Waals surface area contributed by atoms with Crippen LogP contribution in [0, 0.1) is 0 Å². The van der Waals surface area contributed by atoms with Crippen molar-refractivity contribution in [2.24, 2.45) is 5.73 Å². The summed E-state index contributed by atoms with van der Waals surface area (Å²) in [5.41, 5.74) is 5.13. The van der Waals surface area contributed by atoms with Gasteiger partial charge < -0.3 is 10.8 Å². The highest BCUT2D eigenvalue weighted by Crippen LogP contribution is 1.99. The quantitative estimate of drug-likeness (QED) is 0.543. The van der Waals surface area contributed by atoms with Crippen LogP contribution in [0.25, 0.3) is 0 Å². The number of halogens is 1. The van der Waals surface area contributed by atoms with Gasteiger partial charge in [0.05, 0.1) is 12.6 Å². The van der Waals surface area contributed by atoms with Gasteiger partial charge in [-0.15, -0.1) is 0 Å².